The number of nitro groups is 1. The molecule has 1 fully saturated rings. The van der Waals surface area contributed by atoms with Crippen molar-refractivity contribution in [1.82, 2.24) is 15.3 Å². The van der Waals surface area contributed by atoms with Gasteiger partial charge in [0.05, 0.1) is 4.92 Å². The first-order chi connectivity index (χ1) is 7.75. The van der Waals surface area contributed by atoms with E-state index in [1.54, 1.807) is 0 Å². The molecule has 2 rings (SSSR count). The van der Waals surface area contributed by atoms with Gasteiger partial charge in [-0.3, -0.25) is 10.1 Å². The molecule has 1 aromatic rings. The molecule has 1 unspecified atom stereocenters. The summed E-state index contributed by atoms with van der Waals surface area (Å²) in [5, 5.41) is 16.8. The molecule has 86 valence electrons. The lowest BCUT2D eigenvalue weighted by Gasteiger charge is -2.23. The van der Waals surface area contributed by atoms with E-state index in [4.69, 9.17) is 0 Å². The molecule has 0 aliphatic carbocycles. The molecule has 2 heterocycles. The van der Waals surface area contributed by atoms with Crippen LogP contribution in [0.4, 0.5) is 11.6 Å². The molecule has 2 N–H and O–H groups in total. The van der Waals surface area contributed by atoms with Gasteiger partial charge in [-0.05, 0) is 19.4 Å². The van der Waals surface area contributed by atoms with Crippen LogP contribution >= 0.6 is 0 Å². The van der Waals surface area contributed by atoms with Crippen LogP contribution in [0.25, 0.3) is 0 Å². The lowest BCUT2D eigenvalue weighted by Crippen LogP contribution is -2.38. The molecule has 1 saturated heterocycles. The van der Waals surface area contributed by atoms with Crippen LogP contribution in [-0.4, -0.2) is 34.0 Å². The summed E-state index contributed by atoms with van der Waals surface area (Å²) in [6.07, 6.45) is 4.61. The number of hydrogen-bond acceptors (Lipinski definition) is 6. The number of nitrogens with one attached hydrogen (secondary N) is 2. The van der Waals surface area contributed by atoms with E-state index in [0.717, 1.165) is 25.9 Å². The fraction of sp³-hybridized carbons (Fsp3) is 0.556. The number of hydrogen-bond donors (Lipinski definition) is 2. The third-order valence-electron chi connectivity index (χ3n) is 2.48. The van der Waals surface area contributed by atoms with Crippen molar-refractivity contribution in [2.45, 2.75) is 18.9 Å². The topological polar surface area (TPSA) is 93.0 Å². The van der Waals surface area contributed by atoms with E-state index in [-0.39, 0.29) is 5.69 Å². The highest BCUT2D eigenvalue weighted by Gasteiger charge is 2.14. The minimum atomic E-state index is -0.508. The van der Waals surface area contributed by atoms with Gasteiger partial charge in [0.1, 0.15) is 12.4 Å². The van der Waals surface area contributed by atoms with Crippen molar-refractivity contribution in [1.29, 1.82) is 0 Å². The maximum Gasteiger partial charge on any atom is 0.305 e. The number of anilines is 1. The minimum Gasteiger partial charge on any atom is -0.350 e. The molecule has 0 saturated carbocycles. The zero-order chi connectivity index (χ0) is 11.4. The second kappa shape index (κ2) is 4.84. The summed E-state index contributed by atoms with van der Waals surface area (Å²) in [6.45, 7) is 1.92. The maximum atomic E-state index is 10.4. The average molecular weight is 223 g/mol. The lowest BCUT2D eigenvalue weighted by atomic mass is 10.1. The van der Waals surface area contributed by atoms with E-state index in [1.165, 1.54) is 12.4 Å². The largest absolute Gasteiger partial charge is 0.350 e. The van der Waals surface area contributed by atoms with Gasteiger partial charge in [-0.15, -0.1) is 0 Å². The van der Waals surface area contributed by atoms with E-state index in [1.807, 2.05) is 0 Å². The zero-order valence-corrected chi connectivity index (χ0v) is 8.72. The minimum absolute atomic E-state index is 0.0904. The van der Waals surface area contributed by atoms with Gasteiger partial charge in [0.15, 0.2) is 0 Å². The standard InChI is InChI=1S/C9H13N5O2/c15-14(16)8-5-11-9(12-6-8)13-7-2-1-3-10-4-7/h5-7,10H,1-4H2,(H,11,12,13). The van der Waals surface area contributed by atoms with Gasteiger partial charge in [0, 0.05) is 12.6 Å². The Bertz CT molecular complexity index is 361. The Morgan fingerprint density at radius 3 is 2.81 bits per heavy atom. The lowest BCUT2D eigenvalue weighted by molar-refractivity contribution is -0.385. The molecule has 1 aromatic heterocycles. The Morgan fingerprint density at radius 1 is 1.50 bits per heavy atom. The van der Waals surface area contributed by atoms with Crippen LogP contribution in [-0.2, 0) is 0 Å². The summed E-state index contributed by atoms with van der Waals surface area (Å²) < 4.78 is 0. The van der Waals surface area contributed by atoms with Crippen LogP contribution in [0, 0.1) is 10.1 Å². The SMILES string of the molecule is O=[N+]([O-])c1cnc(NC2CCCNC2)nc1. The molecule has 0 spiro atoms. The Kier molecular flexibility index (Phi) is 3.25. The smallest absolute Gasteiger partial charge is 0.305 e. The summed E-state index contributed by atoms with van der Waals surface area (Å²) in [7, 11) is 0. The molecule has 0 bridgehead atoms. The Labute approximate surface area is 92.4 Å². The molecule has 1 aliphatic heterocycles. The van der Waals surface area contributed by atoms with Crippen LogP contribution in [0.3, 0.4) is 0 Å². The van der Waals surface area contributed by atoms with E-state index >= 15 is 0 Å². The molecule has 1 atom stereocenters. The fourth-order valence-corrected chi connectivity index (χ4v) is 1.65. The molecule has 7 heteroatoms. The summed E-state index contributed by atoms with van der Waals surface area (Å²) >= 11 is 0. The summed E-state index contributed by atoms with van der Waals surface area (Å²) in [4.78, 5) is 17.7. The number of piperidine rings is 1. The monoisotopic (exact) mass is 223 g/mol. The van der Waals surface area contributed by atoms with Gasteiger partial charge in [0.2, 0.25) is 5.95 Å². The van der Waals surface area contributed by atoms with Gasteiger partial charge in [-0.1, -0.05) is 0 Å². The molecule has 1 aliphatic rings. The van der Waals surface area contributed by atoms with E-state index in [0.29, 0.717) is 12.0 Å². The highest BCUT2D eigenvalue weighted by molar-refractivity contribution is 5.31. The first-order valence-electron chi connectivity index (χ1n) is 5.19. The molecule has 16 heavy (non-hydrogen) atoms. The van der Waals surface area contributed by atoms with Gasteiger partial charge in [-0.25, -0.2) is 9.97 Å². The fourth-order valence-electron chi connectivity index (χ4n) is 1.65. The van der Waals surface area contributed by atoms with E-state index < -0.39 is 4.92 Å². The predicted molar refractivity (Wildman–Crippen MR) is 58.2 cm³/mol. The highest BCUT2D eigenvalue weighted by atomic mass is 16.6. The second-order valence-electron chi connectivity index (χ2n) is 3.71. The van der Waals surface area contributed by atoms with Gasteiger partial charge in [-0.2, -0.15) is 0 Å². The summed E-state index contributed by atoms with van der Waals surface area (Å²) in [5.74, 6) is 0.444. The molecule has 0 aromatic carbocycles. The van der Waals surface area contributed by atoms with Crippen molar-refractivity contribution >= 4 is 11.6 Å². The quantitative estimate of drug-likeness (QED) is 0.574. The molecule has 0 amide bonds. The van der Waals surface area contributed by atoms with E-state index in [2.05, 4.69) is 20.6 Å². The molecule has 7 nitrogen and oxygen atoms in total. The zero-order valence-electron chi connectivity index (χ0n) is 8.72. The summed E-state index contributed by atoms with van der Waals surface area (Å²) in [6, 6.07) is 0.301. The van der Waals surface area contributed by atoms with Gasteiger partial charge >= 0.3 is 5.69 Å². The Hall–Kier alpha value is -1.76. The predicted octanol–water partition coefficient (Wildman–Crippen LogP) is 0.549. The number of aromatic nitrogens is 2. The highest BCUT2D eigenvalue weighted by Crippen LogP contribution is 2.11. The second-order valence-corrected chi connectivity index (χ2v) is 3.71. The first-order valence-corrected chi connectivity index (χ1v) is 5.19. The summed E-state index contributed by atoms with van der Waals surface area (Å²) in [5.41, 5.74) is -0.0904. The van der Waals surface area contributed by atoms with Crippen molar-refractivity contribution in [2.24, 2.45) is 0 Å². The van der Waals surface area contributed by atoms with Crippen molar-refractivity contribution in [3.8, 4) is 0 Å². The van der Waals surface area contributed by atoms with Crippen molar-refractivity contribution in [3.05, 3.63) is 22.5 Å². The number of rotatable bonds is 3. The van der Waals surface area contributed by atoms with Crippen LogP contribution in [0.5, 0.6) is 0 Å². The number of nitrogens with zero attached hydrogens (tertiary/aromatic N) is 3. The van der Waals surface area contributed by atoms with Crippen molar-refractivity contribution in [2.75, 3.05) is 18.4 Å². The van der Waals surface area contributed by atoms with Crippen LogP contribution in [0.15, 0.2) is 12.4 Å². The van der Waals surface area contributed by atoms with Gasteiger partial charge < -0.3 is 10.6 Å². The molecular weight excluding hydrogens is 210 g/mol. The average Bonchev–Trinajstić information content (AvgIpc) is 2.31. The molecular formula is C9H13N5O2. The maximum absolute atomic E-state index is 10.4. The third kappa shape index (κ3) is 2.63. The first kappa shape index (κ1) is 10.7. The van der Waals surface area contributed by atoms with Crippen molar-refractivity contribution < 1.29 is 4.92 Å². The van der Waals surface area contributed by atoms with Crippen LogP contribution < -0.4 is 10.6 Å². The van der Waals surface area contributed by atoms with Crippen LogP contribution in [0.2, 0.25) is 0 Å². The van der Waals surface area contributed by atoms with Gasteiger partial charge in [0.25, 0.3) is 0 Å². The normalized spacial score (nSPS) is 20.4. The van der Waals surface area contributed by atoms with Crippen LogP contribution in [0.1, 0.15) is 12.8 Å². The Balaban J connectivity index is 1.96. The molecule has 0 radical (unpaired) electrons. The Morgan fingerprint density at radius 2 is 2.25 bits per heavy atom. The third-order valence-corrected chi connectivity index (χ3v) is 2.48. The van der Waals surface area contributed by atoms with E-state index in [9.17, 15) is 10.1 Å². The van der Waals surface area contributed by atoms with Crippen molar-refractivity contribution in [3.63, 3.8) is 0 Å².